The molecule has 9 heteroatoms. The van der Waals surface area contributed by atoms with Crippen LogP contribution < -0.4 is 14.4 Å². The fourth-order valence-corrected chi connectivity index (χ4v) is 5.78. The fraction of sp³-hybridized carbons (Fsp3) is 0.310. The number of benzene rings is 3. The van der Waals surface area contributed by atoms with Crippen LogP contribution in [0.1, 0.15) is 43.2 Å². The highest BCUT2D eigenvalue weighted by molar-refractivity contribution is 7.89. The van der Waals surface area contributed by atoms with Gasteiger partial charge in [-0.25, -0.2) is 8.42 Å². The van der Waals surface area contributed by atoms with Crippen LogP contribution in [0.2, 0.25) is 0 Å². The average Bonchev–Trinajstić information content (AvgIpc) is 3.45. The molecule has 2 atom stereocenters. The summed E-state index contributed by atoms with van der Waals surface area (Å²) in [5, 5.41) is 9.54. The first kappa shape index (κ1) is 27.3. The molecule has 0 aliphatic carbocycles. The highest BCUT2D eigenvalue weighted by Gasteiger charge is 2.26. The van der Waals surface area contributed by atoms with E-state index in [1.54, 1.807) is 30.3 Å². The molecule has 0 radical (unpaired) electrons. The van der Waals surface area contributed by atoms with Crippen LogP contribution in [0.3, 0.4) is 0 Å². The van der Waals surface area contributed by atoms with Gasteiger partial charge in [-0.1, -0.05) is 49.4 Å². The number of hydrogen-bond acceptors (Lipinski definition) is 6. The molecule has 1 heterocycles. The van der Waals surface area contributed by atoms with Gasteiger partial charge in [0.25, 0.3) is 0 Å². The predicted octanol–water partition coefficient (Wildman–Crippen LogP) is 4.36. The number of carbonyl (C=O) groups excluding carboxylic acids is 1. The van der Waals surface area contributed by atoms with Gasteiger partial charge in [-0.2, -0.15) is 4.72 Å². The van der Waals surface area contributed by atoms with Crippen LogP contribution in [0, 0.1) is 0 Å². The summed E-state index contributed by atoms with van der Waals surface area (Å²) >= 11 is 0. The Kier molecular flexibility index (Phi) is 8.81. The van der Waals surface area contributed by atoms with Crippen molar-refractivity contribution in [3.05, 3.63) is 90.0 Å². The van der Waals surface area contributed by atoms with E-state index in [0.29, 0.717) is 12.0 Å². The number of nitrogens with zero attached hydrogens (tertiary/aromatic N) is 1. The number of aliphatic carboxylic acids is 1. The van der Waals surface area contributed by atoms with Crippen molar-refractivity contribution in [1.82, 2.24) is 4.72 Å². The summed E-state index contributed by atoms with van der Waals surface area (Å²) in [4.78, 5) is 26.8. The first-order chi connectivity index (χ1) is 18.3. The number of carboxylic acids is 1. The number of hydrogen-bond donors (Lipinski definition) is 2. The molecule has 4 rings (SSSR count). The van der Waals surface area contributed by atoms with Crippen LogP contribution in [0.15, 0.2) is 83.8 Å². The van der Waals surface area contributed by atoms with Gasteiger partial charge in [-0.3, -0.25) is 9.59 Å². The lowest BCUT2D eigenvalue weighted by molar-refractivity contribution is -0.139. The van der Waals surface area contributed by atoms with Gasteiger partial charge in [-0.15, -0.1) is 0 Å². The van der Waals surface area contributed by atoms with E-state index >= 15 is 0 Å². The van der Waals surface area contributed by atoms with Crippen molar-refractivity contribution in [3.8, 4) is 5.75 Å². The summed E-state index contributed by atoms with van der Waals surface area (Å²) in [6.45, 7) is 4.00. The minimum Gasteiger partial charge on any atom is -0.480 e. The lowest BCUT2D eigenvalue weighted by Crippen LogP contribution is -2.42. The van der Waals surface area contributed by atoms with Gasteiger partial charge in [0.05, 0.1) is 10.8 Å². The third-order valence-electron chi connectivity index (χ3n) is 6.69. The lowest BCUT2D eigenvalue weighted by Gasteiger charge is -2.19. The molecule has 8 nitrogen and oxygen atoms in total. The SMILES string of the molecule is CCC(C(=O)Oc1ccc(S(=O)(=O)N[C@@H](Cc2ccccc2)C(=O)O)cc1)c1ccc(N2CCCC2)cc1. The molecule has 200 valence electrons. The highest BCUT2D eigenvalue weighted by Crippen LogP contribution is 2.27. The van der Waals surface area contributed by atoms with Crippen LogP contribution in [-0.2, 0) is 26.0 Å². The van der Waals surface area contributed by atoms with Crippen LogP contribution >= 0.6 is 0 Å². The van der Waals surface area contributed by atoms with Crippen molar-refractivity contribution in [3.63, 3.8) is 0 Å². The van der Waals surface area contributed by atoms with Crippen LogP contribution in [-0.4, -0.2) is 44.6 Å². The number of nitrogens with one attached hydrogen (secondary N) is 1. The molecule has 3 aromatic carbocycles. The first-order valence-electron chi connectivity index (χ1n) is 12.7. The Morgan fingerprint density at radius 2 is 1.58 bits per heavy atom. The number of rotatable bonds is 11. The molecule has 0 saturated carbocycles. The minimum atomic E-state index is -4.12. The fourth-order valence-electron chi connectivity index (χ4n) is 4.59. The van der Waals surface area contributed by atoms with E-state index < -0.39 is 33.9 Å². The van der Waals surface area contributed by atoms with Gasteiger partial charge in [0.15, 0.2) is 0 Å². The molecule has 0 amide bonds. The molecule has 3 aromatic rings. The summed E-state index contributed by atoms with van der Waals surface area (Å²) in [5.41, 5.74) is 2.71. The predicted molar refractivity (Wildman–Crippen MR) is 145 cm³/mol. The molecule has 38 heavy (non-hydrogen) atoms. The van der Waals surface area contributed by atoms with Crippen molar-refractivity contribution in [2.24, 2.45) is 0 Å². The number of esters is 1. The summed E-state index contributed by atoms with van der Waals surface area (Å²) in [7, 11) is -4.12. The van der Waals surface area contributed by atoms with Gasteiger partial charge in [0.2, 0.25) is 10.0 Å². The van der Waals surface area contributed by atoms with Crippen molar-refractivity contribution < 1.29 is 27.9 Å². The van der Waals surface area contributed by atoms with E-state index in [0.717, 1.165) is 24.3 Å². The minimum absolute atomic E-state index is 0.00250. The molecule has 1 saturated heterocycles. The highest BCUT2D eigenvalue weighted by atomic mass is 32.2. The van der Waals surface area contributed by atoms with E-state index in [1.165, 1.54) is 37.1 Å². The number of sulfonamides is 1. The normalized spacial score (nSPS) is 15.1. The molecular formula is C29H32N2O6S. The maximum absolute atomic E-state index is 12.9. The van der Waals surface area contributed by atoms with Crippen LogP contribution in [0.4, 0.5) is 5.69 Å². The molecule has 1 unspecified atom stereocenters. The van der Waals surface area contributed by atoms with Crippen LogP contribution in [0.5, 0.6) is 5.75 Å². The van der Waals surface area contributed by atoms with Crippen molar-refractivity contribution in [2.75, 3.05) is 18.0 Å². The van der Waals surface area contributed by atoms with Crippen molar-refractivity contribution in [1.29, 1.82) is 0 Å². The summed E-state index contributed by atoms with van der Waals surface area (Å²) in [6, 6.07) is 20.8. The van der Waals surface area contributed by atoms with E-state index in [2.05, 4.69) is 9.62 Å². The lowest BCUT2D eigenvalue weighted by atomic mass is 9.96. The van der Waals surface area contributed by atoms with Crippen LogP contribution in [0.25, 0.3) is 0 Å². The molecule has 0 bridgehead atoms. The molecule has 0 aromatic heterocycles. The largest absolute Gasteiger partial charge is 0.480 e. The van der Waals surface area contributed by atoms with Gasteiger partial charge in [0.1, 0.15) is 11.8 Å². The Morgan fingerprint density at radius 1 is 0.947 bits per heavy atom. The van der Waals surface area contributed by atoms with E-state index in [9.17, 15) is 23.1 Å². The van der Waals surface area contributed by atoms with Crippen molar-refractivity contribution in [2.45, 2.75) is 49.5 Å². The number of carbonyl (C=O) groups is 2. The van der Waals surface area contributed by atoms with Gasteiger partial charge < -0.3 is 14.7 Å². The summed E-state index contributed by atoms with van der Waals surface area (Å²) in [6.07, 6.45) is 2.93. The molecule has 1 fully saturated rings. The number of anilines is 1. The van der Waals surface area contributed by atoms with Gasteiger partial charge in [-0.05, 0) is 73.2 Å². The second-order valence-corrected chi connectivity index (χ2v) is 11.1. The molecular weight excluding hydrogens is 504 g/mol. The molecule has 2 N–H and O–H groups in total. The standard InChI is InChI=1S/C29H32N2O6S/c1-2-26(22-10-12-23(13-11-22)31-18-6-7-19-31)29(34)37-24-14-16-25(17-15-24)38(35,36)30-27(28(32)33)20-21-8-4-3-5-9-21/h3-5,8-17,26-27,30H,2,6-7,18-20H2,1H3,(H,32,33)/t26?,27-/m0/s1. The average molecular weight is 537 g/mol. The number of ether oxygens (including phenoxy) is 1. The zero-order valence-electron chi connectivity index (χ0n) is 21.2. The Hall–Kier alpha value is -3.69. The smallest absolute Gasteiger partial charge is 0.322 e. The third kappa shape index (κ3) is 6.79. The van der Waals surface area contributed by atoms with E-state index in [1.807, 2.05) is 31.2 Å². The monoisotopic (exact) mass is 536 g/mol. The summed E-state index contributed by atoms with van der Waals surface area (Å²) in [5.74, 6) is -1.95. The molecule has 1 aliphatic heterocycles. The Balaban J connectivity index is 1.40. The summed E-state index contributed by atoms with van der Waals surface area (Å²) < 4.78 is 33.5. The van der Waals surface area contributed by atoms with E-state index in [4.69, 9.17) is 4.74 Å². The van der Waals surface area contributed by atoms with Gasteiger partial charge >= 0.3 is 11.9 Å². The first-order valence-corrected chi connectivity index (χ1v) is 14.2. The zero-order valence-corrected chi connectivity index (χ0v) is 22.1. The maximum atomic E-state index is 12.9. The molecule has 0 spiro atoms. The third-order valence-corrected chi connectivity index (χ3v) is 8.18. The van der Waals surface area contributed by atoms with Crippen molar-refractivity contribution >= 4 is 27.6 Å². The zero-order chi connectivity index (χ0) is 27.1. The second-order valence-electron chi connectivity index (χ2n) is 9.34. The Bertz CT molecular complexity index is 1340. The topological polar surface area (TPSA) is 113 Å². The maximum Gasteiger partial charge on any atom is 0.322 e. The number of carboxylic acid groups (broad SMARTS) is 1. The molecule has 1 aliphatic rings. The second kappa shape index (κ2) is 12.2. The Morgan fingerprint density at radius 3 is 2.16 bits per heavy atom. The van der Waals surface area contributed by atoms with Gasteiger partial charge in [0, 0.05) is 18.8 Å². The Labute approximate surface area is 223 Å². The van der Waals surface area contributed by atoms with E-state index in [-0.39, 0.29) is 17.1 Å². The quantitative estimate of drug-likeness (QED) is 0.277.